The first-order valence-corrected chi connectivity index (χ1v) is 22.4. The highest BCUT2D eigenvalue weighted by atomic mass is 16.5. The Morgan fingerprint density at radius 3 is 1.34 bits per heavy atom. The number of carbonyl (C=O) groups excluding carboxylic acids is 4. The third kappa shape index (κ3) is 5.90. The molecule has 9 nitrogen and oxygen atoms in total. The van der Waals surface area contributed by atoms with Crippen LogP contribution in [-0.4, -0.2) is 35.8 Å². The fourth-order valence-electron chi connectivity index (χ4n) is 10.4. The van der Waals surface area contributed by atoms with Gasteiger partial charge in [0.05, 0.1) is 29.6 Å². The van der Waals surface area contributed by atoms with Crippen LogP contribution < -0.4 is 19.3 Å². The molecular weight excluding hydrogens is 813 g/mol. The summed E-state index contributed by atoms with van der Waals surface area (Å²) < 4.78 is 12.7. The van der Waals surface area contributed by atoms with Crippen molar-refractivity contribution in [2.75, 3.05) is 16.9 Å². The molecule has 0 saturated carbocycles. The van der Waals surface area contributed by atoms with Gasteiger partial charge in [-0.15, -0.1) is 0 Å². The number of phenols is 1. The van der Waals surface area contributed by atoms with E-state index < -0.39 is 23.6 Å². The average Bonchev–Trinajstić information content (AvgIpc) is 3.27. The number of aryl methyl sites for hydroxylation is 1. The second kappa shape index (κ2) is 14.9. The van der Waals surface area contributed by atoms with Crippen LogP contribution in [0.5, 0.6) is 23.0 Å². The highest BCUT2D eigenvalue weighted by molar-refractivity contribution is 6.46. The molecular formula is C56H50N2O7. The van der Waals surface area contributed by atoms with Crippen molar-refractivity contribution in [2.45, 2.75) is 86.0 Å². The molecule has 2 heterocycles. The monoisotopic (exact) mass is 862 g/mol. The number of benzene rings is 8. The minimum atomic E-state index is -0.535. The maximum atomic E-state index is 15.4. The number of phenolic OH excluding ortho intramolecular Hbond substituents is 1. The van der Waals surface area contributed by atoms with Crippen LogP contribution in [0.3, 0.4) is 0 Å². The first-order valence-electron chi connectivity index (χ1n) is 22.4. The molecule has 0 fully saturated rings. The van der Waals surface area contributed by atoms with Crippen LogP contribution in [0.4, 0.5) is 11.4 Å². The zero-order chi connectivity index (χ0) is 46.1. The standard InChI is InChI=1S/C56H50N2O7/c1-26(2)31-13-11-14-32(27(3)4)51(31)57-53(60)37-21-19-36-48-44(65-42-22-17-30(9)23-43(42)64-10)25-40-46-38(20-18-35(50(46)48)47-41(59)24-39(55(57)62)45(37)49(36)47)54(61)58(56(40)63)52-33(28(5)6)15-12-16-34(52)29(7)8/h11-29,59H,1-10H3. The molecule has 4 amide bonds. The largest absolute Gasteiger partial charge is 0.507 e. The van der Waals surface area contributed by atoms with Crippen molar-refractivity contribution in [2.24, 2.45) is 0 Å². The number of hydrogen-bond acceptors (Lipinski definition) is 7. The maximum Gasteiger partial charge on any atom is 0.266 e. The van der Waals surface area contributed by atoms with Gasteiger partial charge in [-0.2, -0.15) is 0 Å². The SMILES string of the molecule is COc1cc(C)ccc1Oc1cc2c3c(ccc4c5c(O)cc6c7c(ccc(c1c34)c75)C(=O)N(c1c(C(C)C)cccc1C(C)C)C6=O)C(=O)N(c1c(C(C)C)cccc1C(C)C)C2=O. The van der Waals surface area contributed by atoms with Crippen molar-refractivity contribution in [3.63, 3.8) is 0 Å². The molecule has 0 saturated heterocycles. The number of carbonyl (C=O) groups is 4. The van der Waals surface area contributed by atoms with Crippen molar-refractivity contribution in [1.29, 1.82) is 0 Å². The average molecular weight is 863 g/mol. The van der Waals surface area contributed by atoms with E-state index in [9.17, 15) is 5.11 Å². The summed E-state index contributed by atoms with van der Waals surface area (Å²) in [5.74, 6) is -0.945. The Balaban J connectivity index is 1.31. The number of para-hydroxylation sites is 2. The van der Waals surface area contributed by atoms with Crippen LogP contribution in [0, 0.1) is 6.92 Å². The van der Waals surface area contributed by atoms with Gasteiger partial charge in [0.2, 0.25) is 0 Å². The van der Waals surface area contributed by atoms with E-state index in [1.54, 1.807) is 31.4 Å². The van der Waals surface area contributed by atoms with E-state index in [1.807, 2.05) is 95.3 Å². The second-order valence-electron chi connectivity index (χ2n) is 18.8. The van der Waals surface area contributed by atoms with Crippen molar-refractivity contribution in [3.05, 3.63) is 141 Å². The lowest BCUT2D eigenvalue weighted by atomic mass is 9.81. The van der Waals surface area contributed by atoms with E-state index in [0.717, 1.165) is 27.8 Å². The van der Waals surface area contributed by atoms with Gasteiger partial charge in [0.25, 0.3) is 23.6 Å². The number of amides is 4. The number of fused-ring (bicyclic) bond motifs is 2. The van der Waals surface area contributed by atoms with Gasteiger partial charge in [0, 0.05) is 43.4 Å². The van der Waals surface area contributed by atoms with Gasteiger partial charge in [0.1, 0.15) is 11.5 Å². The predicted octanol–water partition coefficient (Wildman–Crippen LogP) is 13.6. The van der Waals surface area contributed by atoms with Gasteiger partial charge in [0.15, 0.2) is 11.5 Å². The lowest BCUT2D eigenvalue weighted by molar-refractivity contribution is 0.0877. The maximum absolute atomic E-state index is 15.4. The van der Waals surface area contributed by atoms with Crippen LogP contribution in [0.1, 0.15) is 148 Å². The van der Waals surface area contributed by atoms with Gasteiger partial charge in [-0.05, 0) is 106 Å². The van der Waals surface area contributed by atoms with E-state index in [2.05, 4.69) is 27.7 Å². The number of imide groups is 2. The Hall–Kier alpha value is -7.26. The lowest BCUT2D eigenvalue weighted by Gasteiger charge is -2.34. The molecule has 0 aliphatic carbocycles. The Morgan fingerprint density at radius 2 is 0.877 bits per heavy atom. The number of aromatic hydroxyl groups is 1. The number of anilines is 2. The molecule has 0 radical (unpaired) electrons. The molecule has 9 heteroatoms. The summed E-state index contributed by atoms with van der Waals surface area (Å²) in [5.41, 5.74) is 6.68. The van der Waals surface area contributed by atoms with E-state index in [-0.39, 0.29) is 40.5 Å². The molecule has 0 unspecified atom stereocenters. The van der Waals surface area contributed by atoms with E-state index in [1.165, 1.54) is 15.9 Å². The molecule has 326 valence electrons. The van der Waals surface area contributed by atoms with Crippen molar-refractivity contribution in [3.8, 4) is 23.0 Å². The van der Waals surface area contributed by atoms with E-state index in [4.69, 9.17) is 9.47 Å². The second-order valence-corrected chi connectivity index (χ2v) is 18.8. The molecule has 65 heavy (non-hydrogen) atoms. The predicted molar refractivity (Wildman–Crippen MR) is 259 cm³/mol. The van der Waals surface area contributed by atoms with Gasteiger partial charge in [-0.3, -0.25) is 19.2 Å². The van der Waals surface area contributed by atoms with Crippen LogP contribution in [-0.2, 0) is 0 Å². The Morgan fingerprint density at radius 1 is 0.446 bits per heavy atom. The number of rotatable bonds is 9. The smallest absolute Gasteiger partial charge is 0.266 e. The lowest BCUT2D eigenvalue weighted by Crippen LogP contribution is -2.42. The summed E-state index contributed by atoms with van der Waals surface area (Å²) in [6, 6.07) is 27.6. The number of nitrogens with zero attached hydrogens (tertiary/aromatic N) is 2. The minimum absolute atomic E-state index is 0.00333. The molecule has 10 rings (SSSR count). The van der Waals surface area contributed by atoms with Crippen molar-refractivity contribution >= 4 is 78.1 Å². The molecule has 0 bridgehead atoms. The first kappa shape index (κ1) is 41.7. The Kier molecular flexibility index (Phi) is 9.57. The quantitative estimate of drug-likeness (QED) is 0.0873. The third-order valence-electron chi connectivity index (χ3n) is 13.5. The van der Waals surface area contributed by atoms with E-state index in [0.29, 0.717) is 82.8 Å². The van der Waals surface area contributed by atoms with Gasteiger partial charge in [-0.1, -0.05) is 110 Å². The summed E-state index contributed by atoms with van der Waals surface area (Å²) in [6.45, 7) is 18.3. The molecule has 8 aromatic rings. The summed E-state index contributed by atoms with van der Waals surface area (Å²) in [6.07, 6.45) is 0. The fourth-order valence-corrected chi connectivity index (χ4v) is 10.4. The van der Waals surface area contributed by atoms with Crippen LogP contribution in [0.25, 0.3) is 43.1 Å². The zero-order valence-electron chi connectivity index (χ0n) is 38.3. The van der Waals surface area contributed by atoms with Crippen LogP contribution >= 0.6 is 0 Å². The highest BCUT2D eigenvalue weighted by Crippen LogP contribution is 2.54. The number of ether oxygens (including phenoxy) is 2. The molecule has 0 atom stereocenters. The molecule has 0 aromatic heterocycles. The molecule has 8 aromatic carbocycles. The normalized spacial score (nSPS) is 14.1. The first-order chi connectivity index (χ1) is 31.0. The zero-order valence-corrected chi connectivity index (χ0v) is 38.3. The third-order valence-corrected chi connectivity index (χ3v) is 13.5. The van der Waals surface area contributed by atoms with Crippen molar-refractivity contribution < 1.29 is 33.8 Å². The molecule has 2 aliphatic rings. The minimum Gasteiger partial charge on any atom is -0.507 e. The number of methoxy groups -OCH3 is 1. The fraction of sp³-hybridized carbons (Fsp3) is 0.250. The summed E-state index contributed by atoms with van der Waals surface area (Å²) >= 11 is 0. The van der Waals surface area contributed by atoms with Gasteiger partial charge < -0.3 is 14.6 Å². The Bertz CT molecular complexity index is 3360. The summed E-state index contributed by atoms with van der Waals surface area (Å²) in [4.78, 5) is 63.1. The van der Waals surface area contributed by atoms with Gasteiger partial charge >= 0.3 is 0 Å². The van der Waals surface area contributed by atoms with Crippen LogP contribution in [0.2, 0.25) is 0 Å². The molecule has 0 spiro atoms. The highest BCUT2D eigenvalue weighted by Gasteiger charge is 2.42. The van der Waals surface area contributed by atoms with Gasteiger partial charge in [-0.25, -0.2) is 9.80 Å². The topological polar surface area (TPSA) is 113 Å². The Labute approximate surface area is 377 Å². The number of hydrogen-bond donors (Lipinski definition) is 1. The van der Waals surface area contributed by atoms with E-state index >= 15 is 19.2 Å². The molecule has 2 aliphatic heterocycles. The summed E-state index contributed by atoms with van der Waals surface area (Å²) in [7, 11) is 1.56. The van der Waals surface area contributed by atoms with Crippen molar-refractivity contribution in [1.82, 2.24) is 0 Å². The molecule has 1 N–H and O–H groups in total. The van der Waals surface area contributed by atoms with Crippen LogP contribution in [0.15, 0.2) is 91.0 Å². The summed E-state index contributed by atoms with van der Waals surface area (Å²) in [5, 5.41) is 16.3.